The van der Waals surface area contributed by atoms with Gasteiger partial charge in [-0.15, -0.1) is 0 Å². The van der Waals surface area contributed by atoms with E-state index >= 15 is 0 Å². The molecule has 23 heavy (non-hydrogen) atoms. The fourth-order valence-electron chi connectivity index (χ4n) is 1.95. The van der Waals surface area contributed by atoms with Gasteiger partial charge in [0.2, 0.25) is 0 Å². The van der Waals surface area contributed by atoms with Gasteiger partial charge in [-0.1, -0.05) is 0 Å². The predicted octanol–water partition coefficient (Wildman–Crippen LogP) is 0.546. The Morgan fingerprint density at radius 1 is 0.826 bits per heavy atom. The van der Waals surface area contributed by atoms with Crippen LogP contribution in [0, 0.1) is 45.3 Å². The largest absolute Gasteiger partial charge is 0.393 e. The summed E-state index contributed by atoms with van der Waals surface area (Å²) < 4.78 is 0. The van der Waals surface area contributed by atoms with Crippen molar-refractivity contribution < 1.29 is 0 Å². The summed E-state index contributed by atoms with van der Waals surface area (Å²) in [5.41, 5.74) is 6.31. The molecule has 2 N–H and O–H groups in total. The third-order valence-corrected chi connectivity index (χ3v) is 2.95. The molecule has 0 unspecified atom stereocenters. The molecule has 1 aromatic heterocycles. The summed E-state index contributed by atoms with van der Waals surface area (Å²) >= 11 is 0. The van der Waals surface area contributed by atoms with Crippen molar-refractivity contribution in [3.8, 4) is 24.3 Å². The van der Waals surface area contributed by atoms with Gasteiger partial charge in [0.15, 0.2) is 11.6 Å². The molecule has 0 aliphatic heterocycles. The van der Waals surface area contributed by atoms with Gasteiger partial charge in [-0.05, 0) is 0 Å². The molecule has 0 amide bonds. The van der Waals surface area contributed by atoms with Gasteiger partial charge in [-0.3, -0.25) is 0 Å². The molecule has 9 heteroatoms. The number of hydrogen-bond donors (Lipinski definition) is 1. The number of nitrogen functional groups attached to an aromatic ring is 1. The van der Waals surface area contributed by atoms with Crippen molar-refractivity contribution in [1.29, 1.82) is 21.0 Å². The maximum Gasteiger partial charge on any atom is 0.159 e. The molecule has 0 fully saturated rings. The lowest BCUT2D eigenvalue weighted by Crippen LogP contribution is -2.30. The fraction of sp³-hybridized carbons (Fsp3) is 0.429. The maximum atomic E-state index is 8.86. The summed E-state index contributed by atoms with van der Waals surface area (Å²) in [6.07, 6.45) is 1.79. The zero-order valence-electron chi connectivity index (χ0n) is 12.5. The molecule has 0 saturated heterocycles. The van der Waals surface area contributed by atoms with E-state index in [1.54, 1.807) is 4.90 Å². The van der Waals surface area contributed by atoms with Gasteiger partial charge in [0.05, 0.1) is 37.1 Å². The highest BCUT2D eigenvalue weighted by molar-refractivity contribution is 5.76. The van der Waals surface area contributed by atoms with E-state index < -0.39 is 0 Å². The zero-order chi connectivity index (χ0) is 17.1. The topological polar surface area (TPSA) is 153 Å². The normalized spacial score (nSPS) is 9.04. The molecular weight excluding hydrogens is 294 g/mol. The lowest BCUT2D eigenvalue weighted by molar-refractivity contribution is 0.779. The number of anilines is 3. The van der Waals surface area contributed by atoms with Crippen molar-refractivity contribution in [1.82, 2.24) is 9.97 Å². The number of nitrogens with two attached hydrogens (primary N) is 1. The average molecular weight is 309 g/mol. The Bertz CT molecular complexity index is 652. The number of nitrogens with zero attached hydrogens (tertiary/aromatic N) is 8. The lowest BCUT2D eigenvalue weighted by atomic mass is 10.3. The minimum absolute atomic E-state index is 0.0371. The molecule has 0 bridgehead atoms. The first kappa shape index (κ1) is 17.5. The molecule has 0 aliphatic carbocycles. The van der Waals surface area contributed by atoms with Crippen molar-refractivity contribution in [2.45, 2.75) is 12.8 Å². The highest BCUT2D eigenvalue weighted by atomic mass is 15.2. The van der Waals surface area contributed by atoms with Crippen LogP contribution in [0.25, 0.3) is 0 Å². The van der Waals surface area contributed by atoms with Crippen LogP contribution in [0.3, 0.4) is 0 Å². The van der Waals surface area contributed by atoms with Crippen LogP contribution in [0.15, 0.2) is 6.33 Å². The monoisotopic (exact) mass is 309 g/mol. The number of nitriles is 4. The SMILES string of the molecule is N#CCCN(CCC#N)c1ncnc(N(CC#N)CC#N)c1N. The van der Waals surface area contributed by atoms with Crippen LogP contribution in [0.1, 0.15) is 12.8 Å². The second-order valence-corrected chi connectivity index (χ2v) is 4.41. The van der Waals surface area contributed by atoms with E-state index in [0.717, 1.165) is 0 Å². The summed E-state index contributed by atoms with van der Waals surface area (Å²) in [6, 6.07) is 7.98. The second-order valence-electron chi connectivity index (χ2n) is 4.41. The molecule has 1 heterocycles. The Kier molecular flexibility index (Phi) is 7.14. The van der Waals surface area contributed by atoms with E-state index in [9.17, 15) is 0 Å². The van der Waals surface area contributed by atoms with E-state index in [4.69, 9.17) is 26.8 Å². The third-order valence-electron chi connectivity index (χ3n) is 2.95. The fourth-order valence-corrected chi connectivity index (χ4v) is 1.95. The molecule has 0 atom stereocenters. The highest BCUT2D eigenvalue weighted by Gasteiger charge is 2.18. The first-order valence-electron chi connectivity index (χ1n) is 6.77. The summed E-state index contributed by atoms with van der Waals surface area (Å²) in [4.78, 5) is 11.3. The van der Waals surface area contributed by atoms with Crippen molar-refractivity contribution in [3.05, 3.63) is 6.33 Å². The Labute approximate surface area is 134 Å². The highest BCUT2D eigenvalue weighted by Crippen LogP contribution is 2.28. The lowest BCUT2D eigenvalue weighted by Gasteiger charge is -2.26. The Morgan fingerprint density at radius 3 is 1.74 bits per heavy atom. The van der Waals surface area contributed by atoms with Crippen molar-refractivity contribution in [2.75, 3.05) is 41.7 Å². The number of rotatable bonds is 8. The Morgan fingerprint density at radius 2 is 1.30 bits per heavy atom. The van der Waals surface area contributed by atoms with Crippen LogP contribution in [0.2, 0.25) is 0 Å². The van der Waals surface area contributed by atoms with Crippen LogP contribution in [0.4, 0.5) is 17.3 Å². The van der Waals surface area contributed by atoms with E-state index in [-0.39, 0.29) is 37.4 Å². The molecule has 1 rings (SSSR count). The molecule has 0 aliphatic rings. The van der Waals surface area contributed by atoms with Gasteiger partial charge in [0, 0.05) is 13.1 Å². The van der Waals surface area contributed by atoms with Gasteiger partial charge in [0.25, 0.3) is 0 Å². The Balaban J connectivity index is 3.18. The number of hydrogen-bond acceptors (Lipinski definition) is 9. The first-order chi connectivity index (χ1) is 11.2. The second kappa shape index (κ2) is 9.39. The van der Waals surface area contributed by atoms with Gasteiger partial charge < -0.3 is 15.5 Å². The van der Waals surface area contributed by atoms with Crippen LogP contribution in [-0.4, -0.2) is 36.1 Å². The summed E-state index contributed by atoms with van der Waals surface area (Å²) in [7, 11) is 0. The van der Waals surface area contributed by atoms with Gasteiger partial charge >= 0.3 is 0 Å². The molecule has 0 aromatic carbocycles. The predicted molar refractivity (Wildman–Crippen MR) is 82.6 cm³/mol. The standard InChI is InChI=1S/C14H15N9/c15-3-1-7-22(8-2-4-16)13-12(19)14(21-11-20-13)23(9-5-17)10-6-18/h11H,1-2,7-10,19H2. The van der Waals surface area contributed by atoms with Gasteiger partial charge in [-0.2, -0.15) is 21.0 Å². The van der Waals surface area contributed by atoms with Crippen molar-refractivity contribution in [3.63, 3.8) is 0 Å². The van der Waals surface area contributed by atoms with E-state index in [1.807, 2.05) is 24.3 Å². The maximum absolute atomic E-state index is 8.86. The summed E-state index contributed by atoms with van der Waals surface area (Å²) in [5.74, 6) is 0.679. The van der Waals surface area contributed by atoms with Crippen molar-refractivity contribution in [2.24, 2.45) is 0 Å². The molecule has 1 aromatic rings. The van der Waals surface area contributed by atoms with E-state index in [1.165, 1.54) is 11.2 Å². The summed E-state index contributed by atoms with van der Waals surface area (Å²) in [5, 5.41) is 35.2. The quantitative estimate of drug-likeness (QED) is 0.677. The van der Waals surface area contributed by atoms with E-state index in [0.29, 0.717) is 18.9 Å². The van der Waals surface area contributed by atoms with Crippen LogP contribution < -0.4 is 15.5 Å². The average Bonchev–Trinajstić information content (AvgIpc) is 2.56. The molecule has 0 spiro atoms. The molecule has 116 valence electrons. The summed E-state index contributed by atoms with van der Waals surface area (Å²) in [6.45, 7) is 0.667. The zero-order valence-corrected chi connectivity index (χ0v) is 12.5. The minimum Gasteiger partial charge on any atom is -0.393 e. The van der Waals surface area contributed by atoms with Crippen LogP contribution >= 0.6 is 0 Å². The molecule has 0 radical (unpaired) electrons. The van der Waals surface area contributed by atoms with Gasteiger partial charge in [0.1, 0.15) is 25.1 Å². The molecular formula is C14H15N9. The Hall–Kier alpha value is -3.56. The van der Waals surface area contributed by atoms with Crippen LogP contribution in [-0.2, 0) is 0 Å². The first-order valence-corrected chi connectivity index (χ1v) is 6.77. The number of aromatic nitrogens is 2. The van der Waals surface area contributed by atoms with Crippen molar-refractivity contribution >= 4 is 17.3 Å². The molecule has 0 saturated carbocycles. The third kappa shape index (κ3) is 4.74. The minimum atomic E-state index is -0.0371. The smallest absolute Gasteiger partial charge is 0.159 e. The molecule has 9 nitrogen and oxygen atoms in total. The van der Waals surface area contributed by atoms with E-state index in [2.05, 4.69) is 9.97 Å². The van der Waals surface area contributed by atoms with Crippen LogP contribution in [0.5, 0.6) is 0 Å². The van der Waals surface area contributed by atoms with Gasteiger partial charge in [-0.25, -0.2) is 9.97 Å².